The molecule has 0 bridgehead atoms. The van der Waals surface area contributed by atoms with Crippen LogP contribution in [0.25, 0.3) is 0 Å². The van der Waals surface area contributed by atoms with Crippen molar-refractivity contribution in [2.24, 2.45) is 0 Å². The molecule has 0 aliphatic rings. The smallest absolute Gasteiger partial charge is 0.345 e. The molecule has 3 aromatic rings. The van der Waals surface area contributed by atoms with Crippen LogP contribution in [0.15, 0.2) is 53.3 Å². The van der Waals surface area contributed by atoms with Crippen LogP contribution in [0.4, 0.5) is 15.8 Å². The number of nitrogens with zero attached hydrogens (tertiary/aromatic N) is 2. The van der Waals surface area contributed by atoms with E-state index >= 15 is 0 Å². The zero-order valence-electron chi connectivity index (χ0n) is 14.5. The second kappa shape index (κ2) is 8.75. The molecule has 2 amide bonds. The highest BCUT2D eigenvalue weighted by Crippen LogP contribution is 2.24. The number of ether oxygens (including phenoxy) is 1. The van der Waals surface area contributed by atoms with E-state index in [2.05, 4.69) is 15.6 Å². The van der Waals surface area contributed by atoms with Crippen LogP contribution in [0.2, 0.25) is 0 Å². The first-order chi connectivity index (χ1) is 13.9. The Morgan fingerprint density at radius 3 is 2.66 bits per heavy atom. The predicted octanol–water partition coefficient (Wildman–Crippen LogP) is 2.69. The summed E-state index contributed by atoms with van der Waals surface area (Å²) < 4.78 is 9.94. The van der Waals surface area contributed by atoms with Gasteiger partial charge in [0.15, 0.2) is 17.5 Å². The highest BCUT2D eigenvalue weighted by Gasteiger charge is 2.18. The lowest BCUT2D eigenvalue weighted by Crippen LogP contribution is -2.22. The van der Waals surface area contributed by atoms with Crippen LogP contribution < -0.4 is 10.6 Å². The van der Waals surface area contributed by atoms with Crippen molar-refractivity contribution >= 4 is 44.9 Å². The van der Waals surface area contributed by atoms with Gasteiger partial charge in [-0.1, -0.05) is 12.1 Å². The lowest BCUT2D eigenvalue weighted by molar-refractivity contribution is -0.380. The SMILES string of the molecule is O=C(COC(=O)c1ccccc1NC(=O)c1ccco1)Nc1ncc([N+](=O)[O-])s1. The predicted molar refractivity (Wildman–Crippen MR) is 101 cm³/mol. The van der Waals surface area contributed by atoms with Gasteiger partial charge in [0.2, 0.25) is 0 Å². The van der Waals surface area contributed by atoms with Gasteiger partial charge in [-0.3, -0.25) is 25.0 Å². The number of furan rings is 1. The molecule has 29 heavy (non-hydrogen) atoms. The Morgan fingerprint density at radius 1 is 1.17 bits per heavy atom. The van der Waals surface area contributed by atoms with Gasteiger partial charge in [0, 0.05) is 0 Å². The van der Waals surface area contributed by atoms with E-state index in [0.29, 0.717) is 11.3 Å². The third-order valence-corrected chi connectivity index (χ3v) is 4.26. The minimum Gasteiger partial charge on any atom is -0.459 e. The van der Waals surface area contributed by atoms with Crippen LogP contribution in [0.3, 0.4) is 0 Å². The van der Waals surface area contributed by atoms with E-state index in [0.717, 1.165) is 6.20 Å². The molecule has 2 N–H and O–H groups in total. The van der Waals surface area contributed by atoms with E-state index in [4.69, 9.17) is 9.15 Å². The van der Waals surface area contributed by atoms with Gasteiger partial charge in [0.1, 0.15) is 6.20 Å². The quantitative estimate of drug-likeness (QED) is 0.338. The maximum absolute atomic E-state index is 12.3. The van der Waals surface area contributed by atoms with Crippen molar-refractivity contribution in [3.8, 4) is 0 Å². The van der Waals surface area contributed by atoms with E-state index in [1.165, 1.54) is 24.5 Å². The first kappa shape index (κ1) is 19.7. The molecule has 2 heterocycles. The molecular formula is C17H12N4O7S. The van der Waals surface area contributed by atoms with E-state index < -0.39 is 29.3 Å². The largest absolute Gasteiger partial charge is 0.459 e. The molecule has 2 aromatic heterocycles. The molecule has 148 valence electrons. The van der Waals surface area contributed by atoms with Crippen LogP contribution in [-0.4, -0.2) is 34.3 Å². The summed E-state index contributed by atoms with van der Waals surface area (Å²) in [7, 11) is 0. The van der Waals surface area contributed by atoms with E-state index in [-0.39, 0.29) is 27.1 Å². The van der Waals surface area contributed by atoms with Gasteiger partial charge in [-0.05, 0) is 35.6 Å². The standard InChI is InChI=1S/C17H12N4O7S/c22-13(20-17-18-8-14(29-17)21(25)26)9-28-16(24)10-4-1-2-5-11(10)19-15(23)12-6-3-7-27-12/h1-8H,9H2,(H,19,23)(H,18,20,22). The topological polar surface area (TPSA) is 154 Å². The maximum atomic E-state index is 12.3. The molecule has 11 nitrogen and oxygen atoms in total. The van der Waals surface area contributed by atoms with Crippen LogP contribution in [0.5, 0.6) is 0 Å². The number of rotatable bonds is 7. The Kier molecular flexibility index (Phi) is 5.94. The van der Waals surface area contributed by atoms with Crippen molar-refractivity contribution in [3.63, 3.8) is 0 Å². The molecule has 12 heteroatoms. The molecule has 1 aromatic carbocycles. The van der Waals surface area contributed by atoms with Crippen LogP contribution in [0.1, 0.15) is 20.9 Å². The van der Waals surface area contributed by atoms with Crippen molar-refractivity contribution in [1.29, 1.82) is 0 Å². The Bertz CT molecular complexity index is 1060. The molecule has 0 saturated carbocycles. The number of benzene rings is 1. The average molecular weight is 416 g/mol. The lowest BCUT2D eigenvalue weighted by atomic mass is 10.1. The molecule has 0 aliphatic carbocycles. The highest BCUT2D eigenvalue weighted by atomic mass is 32.1. The molecule has 0 spiro atoms. The Balaban J connectivity index is 1.59. The van der Waals surface area contributed by atoms with Gasteiger partial charge in [0.05, 0.1) is 22.4 Å². The Labute approximate surface area is 166 Å². The summed E-state index contributed by atoms with van der Waals surface area (Å²) in [5.41, 5.74) is 0.208. The number of anilines is 2. The maximum Gasteiger partial charge on any atom is 0.345 e. The lowest BCUT2D eigenvalue weighted by Gasteiger charge is -2.10. The van der Waals surface area contributed by atoms with Gasteiger partial charge in [-0.25, -0.2) is 9.78 Å². The number of amides is 2. The molecule has 0 fully saturated rings. The van der Waals surface area contributed by atoms with Gasteiger partial charge in [0.25, 0.3) is 11.8 Å². The Hall–Kier alpha value is -4.06. The zero-order valence-corrected chi connectivity index (χ0v) is 15.3. The number of esters is 1. The summed E-state index contributed by atoms with van der Waals surface area (Å²) in [6.07, 6.45) is 2.34. The van der Waals surface area contributed by atoms with Crippen molar-refractivity contribution in [1.82, 2.24) is 4.98 Å². The fraction of sp³-hybridized carbons (Fsp3) is 0.0588. The van der Waals surface area contributed by atoms with Gasteiger partial charge in [-0.2, -0.15) is 0 Å². The molecule has 0 radical (unpaired) electrons. The first-order valence-electron chi connectivity index (χ1n) is 7.95. The number of para-hydroxylation sites is 1. The summed E-state index contributed by atoms with van der Waals surface area (Å²) in [5.74, 6) is -2.07. The third-order valence-electron chi connectivity index (χ3n) is 3.39. The number of hydrogen-bond acceptors (Lipinski definition) is 9. The highest BCUT2D eigenvalue weighted by molar-refractivity contribution is 7.18. The summed E-state index contributed by atoms with van der Waals surface area (Å²) in [4.78, 5) is 49.9. The second-order valence-electron chi connectivity index (χ2n) is 5.36. The van der Waals surface area contributed by atoms with Crippen molar-refractivity contribution in [3.05, 3.63) is 70.3 Å². The molecular weight excluding hydrogens is 404 g/mol. The molecule has 0 aliphatic heterocycles. The minimum absolute atomic E-state index is 0.00357. The number of carbonyl (C=O) groups excluding carboxylic acids is 3. The van der Waals surface area contributed by atoms with E-state index in [9.17, 15) is 24.5 Å². The van der Waals surface area contributed by atoms with Crippen molar-refractivity contribution in [2.45, 2.75) is 0 Å². The van der Waals surface area contributed by atoms with Gasteiger partial charge >= 0.3 is 11.0 Å². The van der Waals surface area contributed by atoms with Crippen LogP contribution >= 0.6 is 11.3 Å². The normalized spacial score (nSPS) is 10.2. The summed E-state index contributed by atoms with van der Waals surface area (Å²) in [6.45, 7) is -0.646. The summed E-state index contributed by atoms with van der Waals surface area (Å²) in [5, 5.41) is 15.2. The molecule has 0 saturated heterocycles. The number of nitro groups is 1. The minimum atomic E-state index is -0.847. The van der Waals surface area contributed by atoms with Crippen molar-refractivity contribution < 1.29 is 28.5 Å². The zero-order chi connectivity index (χ0) is 20.8. The Morgan fingerprint density at radius 2 is 1.97 bits per heavy atom. The fourth-order valence-electron chi connectivity index (χ4n) is 2.13. The number of nitrogens with one attached hydrogen (secondary N) is 2. The number of aromatic nitrogens is 1. The first-order valence-corrected chi connectivity index (χ1v) is 8.77. The summed E-state index contributed by atoms with van der Waals surface area (Å²) >= 11 is 0.669. The number of carbonyl (C=O) groups is 3. The number of hydrogen-bond donors (Lipinski definition) is 2. The molecule has 3 rings (SSSR count). The van der Waals surface area contributed by atoms with Crippen molar-refractivity contribution in [2.75, 3.05) is 17.2 Å². The van der Waals surface area contributed by atoms with E-state index in [1.807, 2.05) is 0 Å². The fourth-order valence-corrected chi connectivity index (χ4v) is 2.78. The van der Waals surface area contributed by atoms with Crippen LogP contribution in [0, 0.1) is 10.1 Å². The number of thiazole rings is 1. The van der Waals surface area contributed by atoms with Crippen LogP contribution in [-0.2, 0) is 9.53 Å². The average Bonchev–Trinajstić information content (AvgIpc) is 3.39. The molecule has 0 atom stereocenters. The third kappa shape index (κ3) is 5.01. The van der Waals surface area contributed by atoms with Gasteiger partial charge < -0.3 is 14.5 Å². The monoisotopic (exact) mass is 416 g/mol. The second-order valence-corrected chi connectivity index (χ2v) is 6.37. The molecule has 0 unspecified atom stereocenters. The van der Waals surface area contributed by atoms with E-state index in [1.54, 1.807) is 18.2 Å². The summed E-state index contributed by atoms with van der Waals surface area (Å²) in [6, 6.07) is 9.09. The van der Waals surface area contributed by atoms with Gasteiger partial charge in [-0.15, -0.1) is 0 Å².